The number of piperazine rings is 1. The third-order valence-corrected chi connectivity index (χ3v) is 14.8. The van der Waals surface area contributed by atoms with E-state index in [9.17, 15) is 38.3 Å². The average molecular weight is 1090 g/mol. The number of H-pyrrole nitrogens is 1. The molecule has 0 aliphatic carbocycles. The molecular formula is C55H73FN10O10S. The van der Waals surface area contributed by atoms with Crippen LogP contribution >= 0.6 is 11.3 Å². The lowest BCUT2D eigenvalue weighted by Gasteiger charge is -2.35. The molecule has 22 heteroatoms. The number of nitrogens with zero attached hydrogens (tertiary/aromatic N) is 4. The predicted molar refractivity (Wildman–Crippen MR) is 290 cm³/mol. The summed E-state index contributed by atoms with van der Waals surface area (Å²) in [6.07, 6.45) is 1.60. The van der Waals surface area contributed by atoms with Crippen molar-refractivity contribution in [1.82, 2.24) is 45.9 Å². The molecule has 2 aromatic heterocycles. The molecule has 7 N–H and O–H groups in total. The molecule has 2 aromatic carbocycles. The molecule has 3 aliphatic rings. The highest BCUT2D eigenvalue weighted by atomic mass is 32.1. The number of aliphatic hydroxyl groups excluding tert-OH is 1. The van der Waals surface area contributed by atoms with Gasteiger partial charge in [0.1, 0.15) is 24.5 Å². The number of aliphatic hydroxyl groups is 1. The maximum Gasteiger partial charge on any atom is 0.256 e. The fourth-order valence-corrected chi connectivity index (χ4v) is 10.4. The number of rotatable bonds is 25. The Labute approximate surface area is 452 Å². The van der Waals surface area contributed by atoms with E-state index >= 15 is 0 Å². The molecule has 7 rings (SSSR count). The van der Waals surface area contributed by atoms with Crippen molar-refractivity contribution in [2.45, 2.75) is 79.1 Å². The second-order valence-electron chi connectivity index (χ2n) is 20.7. The van der Waals surface area contributed by atoms with Gasteiger partial charge >= 0.3 is 0 Å². The number of fused-ring (bicyclic) bond motifs is 1. The Morgan fingerprint density at radius 1 is 0.896 bits per heavy atom. The highest BCUT2D eigenvalue weighted by Crippen LogP contribution is 2.35. The van der Waals surface area contributed by atoms with Gasteiger partial charge in [-0.2, -0.15) is 0 Å². The molecule has 416 valence electrons. The van der Waals surface area contributed by atoms with Crippen LogP contribution in [0.5, 0.6) is 0 Å². The Kier molecular flexibility index (Phi) is 20.6. The number of likely N-dealkylation sites (tertiary alicyclic amines) is 1. The first-order valence-corrected chi connectivity index (χ1v) is 27.0. The molecule has 77 heavy (non-hydrogen) atoms. The first kappa shape index (κ1) is 58.3. The van der Waals surface area contributed by atoms with Gasteiger partial charge in [-0.15, -0.1) is 11.3 Å². The number of nitrogens with one attached hydrogen (secondary N) is 6. The van der Waals surface area contributed by atoms with Crippen LogP contribution < -0.4 is 26.6 Å². The molecule has 2 saturated heterocycles. The van der Waals surface area contributed by atoms with Crippen molar-refractivity contribution in [3.05, 3.63) is 93.1 Å². The van der Waals surface area contributed by atoms with Gasteiger partial charge in [-0.25, -0.2) is 9.37 Å². The summed E-state index contributed by atoms with van der Waals surface area (Å²) in [6.45, 7) is 17.2. The quantitative estimate of drug-likeness (QED) is 0.0372. The van der Waals surface area contributed by atoms with Crippen molar-refractivity contribution in [2.24, 2.45) is 5.41 Å². The smallest absolute Gasteiger partial charge is 0.256 e. The second kappa shape index (κ2) is 27.3. The van der Waals surface area contributed by atoms with Gasteiger partial charge in [-0.3, -0.25) is 33.7 Å². The number of anilines is 1. The SMILES string of the molecule is Cc1ncsc1-c1ccc(CNC(=O)[C@@H]2C[C@@H](O)CN2C(=O)[C@@H](NC(=O)COCCOCCOCCNC(=O)CN2CCN(CCCNC(=O)c3c(C)[nH]c(/C=C4\C(=O)Nc5ccc(F)cc54)c3C)CC2)C(C)(C)C)cc1. The lowest BCUT2D eigenvalue weighted by molar-refractivity contribution is -0.144. The molecule has 20 nitrogen and oxygen atoms in total. The number of aromatic nitrogens is 2. The molecule has 0 spiro atoms. The fraction of sp³-hybridized carbons (Fsp3) is 0.509. The Morgan fingerprint density at radius 2 is 1.60 bits per heavy atom. The van der Waals surface area contributed by atoms with E-state index in [-0.39, 0.29) is 76.1 Å². The van der Waals surface area contributed by atoms with E-state index in [1.807, 2.05) is 58.9 Å². The van der Waals surface area contributed by atoms with Crippen LogP contribution in [0, 0.1) is 32.0 Å². The van der Waals surface area contributed by atoms with Gasteiger partial charge in [0.2, 0.25) is 23.6 Å². The van der Waals surface area contributed by atoms with Crippen molar-refractivity contribution >= 4 is 64.1 Å². The van der Waals surface area contributed by atoms with Crippen LogP contribution in [0.2, 0.25) is 0 Å². The van der Waals surface area contributed by atoms with Crippen LogP contribution in [-0.2, 0) is 44.7 Å². The summed E-state index contributed by atoms with van der Waals surface area (Å²) < 4.78 is 30.6. The Morgan fingerprint density at radius 3 is 2.30 bits per heavy atom. The number of thiazole rings is 1. The summed E-state index contributed by atoms with van der Waals surface area (Å²) in [7, 11) is 0. The van der Waals surface area contributed by atoms with Crippen LogP contribution in [0.15, 0.2) is 48.0 Å². The molecular weight excluding hydrogens is 1010 g/mol. The van der Waals surface area contributed by atoms with Gasteiger partial charge in [0.25, 0.3) is 11.8 Å². The first-order valence-electron chi connectivity index (χ1n) is 26.2. The highest BCUT2D eigenvalue weighted by Gasteiger charge is 2.44. The predicted octanol–water partition coefficient (Wildman–Crippen LogP) is 3.41. The standard InChI is InChI=1S/C55H73FN10O10S/c1-34-44(28-42-41-26-39(56)12-13-43(41)62-51(42)70)61-35(2)48(34)53(72)58-14-7-16-64-17-19-65(20-18-64)31-46(68)57-15-21-74-22-23-75-24-25-76-32-47(69)63-50(55(4,5)6)54(73)66-30-40(67)27-45(66)52(71)59-29-37-8-10-38(11-9-37)49-36(3)60-33-77-49/h8-13,26,28,33,40,45,50,61,67H,7,14-25,27,29-32H2,1-6H3,(H,57,68)(H,58,72)(H,59,71)(H,62,70)(H,63,69)/b42-28-/t40-,45+,50-/m1/s1. The Balaban J connectivity index is 0.695. The van der Waals surface area contributed by atoms with Crippen molar-refractivity contribution < 1.29 is 52.5 Å². The fourth-order valence-electron chi connectivity index (χ4n) is 9.58. The van der Waals surface area contributed by atoms with Crippen LogP contribution in [0.3, 0.4) is 0 Å². The summed E-state index contributed by atoms with van der Waals surface area (Å²) in [5.74, 6) is -2.41. The minimum absolute atomic E-state index is 0.0310. The lowest BCUT2D eigenvalue weighted by atomic mass is 9.85. The molecule has 0 saturated carbocycles. The summed E-state index contributed by atoms with van der Waals surface area (Å²) in [5.41, 5.74) is 7.82. The monoisotopic (exact) mass is 1080 g/mol. The number of hydrogen-bond acceptors (Lipinski definition) is 14. The van der Waals surface area contributed by atoms with E-state index in [4.69, 9.17) is 14.2 Å². The molecule has 6 amide bonds. The van der Waals surface area contributed by atoms with Crippen molar-refractivity contribution in [2.75, 3.05) is 104 Å². The van der Waals surface area contributed by atoms with E-state index < -0.39 is 41.2 Å². The van der Waals surface area contributed by atoms with Gasteiger partial charge in [0.15, 0.2) is 0 Å². The number of β-amino-alcohol motifs (C(OH)–C–C–N with tert-alkyl or cyclic N) is 1. The summed E-state index contributed by atoms with van der Waals surface area (Å²) in [4.78, 5) is 93.2. The van der Waals surface area contributed by atoms with Crippen LogP contribution in [0.4, 0.5) is 10.1 Å². The van der Waals surface area contributed by atoms with Crippen molar-refractivity contribution in [3.8, 4) is 10.4 Å². The number of carbonyl (C=O) groups is 6. The maximum absolute atomic E-state index is 13.9. The topological polar surface area (TPSA) is 249 Å². The summed E-state index contributed by atoms with van der Waals surface area (Å²) >= 11 is 1.56. The normalized spacial score (nSPS) is 17.8. The second-order valence-corrected chi connectivity index (χ2v) is 21.5. The number of hydrogen-bond donors (Lipinski definition) is 7. The van der Waals surface area contributed by atoms with Gasteiger partial charge in [0.05, 0.1) is 72.9 Å². The van der Waals surface area contributed by atoms with E-state index in [0.717, 1.165) is 60.8 Å². The minimum Gasteiger partial charge on any atom is -0.391 e. The molecule has 3 atom stereocenters. The zero-order valence-corrected chi connectivity index (χ0v) is 45.7. The van der Waals surface area contributed by atoms with Crippen molar-refractivity contribution in [3.63, 3.8) is 0 Å². The largest absolute Gasteiger partial charge is 0.391 e. The minimum atomic E-state index is -0.984. The Hall–Kier alpha value is -6.40. The number of benzene rings is 2. The number of halogens is 1. The van der Waals surface area contributed by atoms with Gasteiger partial charge in [0, 0.05) is 81.4 Å². The summed E-state index contributed by atoms with van der Waals surface area (Å²) in [5, 5.41) is 24.9. The van der Waals surface area contributed by atoms with E-state index in [1.165, 1.54) is 23.1 Å². The third-order valence-electron chi connectivity index (χ3n) is 13.8. The molecule has 0 unspecified atom stereocenters. The number of aromatic amines is 1. The van der Waals surface area contributed by atoms with Gasteiger partial charge in [-0.1, -0.05) is 45.0 Å². The van der Waals surface area contributed by atoms with Crippen molar-refractivity contribution in [1.29, 1.82) is 0 Å². The zero-order valence-electron chi connectivity index (χ0n) is 44.9. The molecule has 5 heterocycles. The molecule has 3 aliphatic heterocycles. The number of aryl methyl sites for hydroxylation is 2. The molecule has 4 aromatic rings. The highest BCUT2D eigenvalue weighted by molar-refractivity contribution is 7.13. The molecule has 0 bridgehead atoms. The first-order chi connectivity index (χ1) is 36.9. The lowest BCUT2D eigenvalue weighted by Crippen LogP contribution is -2.58. The third kappa shape index (κ3) is 16.1. The number of ether oxygens (including phenoxy) is 3. The van der Waals surface area contributed by atoms with Gasteiger partial charge in [-0.05, 0) is 80.1 Å². The van der Waals surface area contributed by atoms with E-state index in [0.29, 0.717) is 65.6 Å². The van der Waals surface area contributed by atoms with Crippen LogP contribution in [0.25, 0.3) is 22.1 Å². The number of amides is 6. The molecule has 2 fully saturated rings. The zero-order chi connectivity index (χ0) is 55.2. The molecule has 0 radical (unpaired) electrons. The average Bonchev–Trinajstić information content (AvgIpc) is 4.21. The van der Waals surface area contributed by atoms with E-state index in [1.54, 1.807) is 29.8 Å². The van der Waals surface area contributed by atoms with Crippen LogP contribution in [0.1, 0.15) is 77.7 Å². The maximum atomic E-state index is 13.9. The van der Waals surface area contributed by atoms with E-state index in [2.05, 4.69) is 46.4 Å². The van der Waals surface area contributed by atoms with Crippen LogP contribution in [-0.4, -0.2) is 182 Å². The number of carbonyl (C=O) groups excluding carboxylic acids is 6. The van der Waals surface area contributed by atoms with Gasteiger partial charge < -0.3 is 60.7 Å². The summed E-state index contributed by atoms with van der Waals surface area (Å²) in [6, 6.07) is 10.1. The Bertz CT molecular complexity index is 2750.